The second-order valence-electron chi connectivity index (χ2n) is 5.17. The smallest absolute Gasteiger partial charge is 0.240 e. The van der Waals surface area contributed by atoms with E-state index in [1.54, 1.807) is 6.07 Å². The fraction of sp³-hybridized carbons (Fsp3) is 0.385. The summed E-state index contributed by atoms with van der Waals surface area (Å²) in [4.78, 5) is 4.12. The minimum absolute atomic E-state index is 0.152. The Hall–Kier alpha value is -1.88. The van der Waals surface area contributed by atoms with Gasteiger partial charge in [-0.05, 0) is 17.0 Å². The van der Waals surface area contributed by atoms with Crippen LogP contribution in [0.5, 0.6) is 5.75 Å². The highest BCUT2D eigenvalue weighted by Crippen LogP contribution is 2.37. The first-order chi connectivity index (χ1) is 8.43. The largest absolute Gasteiger partial charge is 0.507 e. The van der Waals surface area contributed by atoms with E-state index in [4.69, 9.17) is 10.3 Å². The van der Waals surface area contributed by atoms with Crippen LogP contribution in [0.2, 0.25) is 0 Å². The Morgan fingerprint density at radius 3 is 2.61 bits per heavy atom. The van der Waals surface area contributed by atoms with E-state index in [2.05, 4.69) is 10.1 Å². The Labute approximate surface area is 106 Å². The zero-order valence-electron chi connectivity index (χ0n) is 10.8. The number of para-hydroxylation sites is 1. The summed E-state index contributed by atoms with van der Waals surface area (Å²) in [5.74, 6) is 0.902. The Balaban J connectivity index is 2.52. The fourth-order valence-electron chi connectivity index (χ4n) is 1.78. The average molecular weight is 247 g/mol. The van der Waals surface area contributed by atoms with E-state index < -0.39 is 0 Å². The van der Waals surface area contributed by atoms with Crippen molar-refractivity contribution in [2.24, 2.45) is 5.73 Å². The molecule has 5 heteroatoms. The second-order valence-corrected chi connectivity index (χ2v) is 5.17. The summed E-state index contributed by atoms with van der Waals surface area (Å²) in [5.41, 5.74) is 6.67. The van der Waals surface area contributed by atoms with Crippen molar-refractivity contribution in [2.45, 2.75) is 32.7 Å². The molecule has 5 nitrogen and oxygen atoms in total. The molecule has 1 heterocycles. The summed E-state index contributed by atoms with van der Waals surface area (Å²) in [7, 11) is 0. The summed E-state index contributed by atoms with van der Waals surface area (Å²) in [6, 6.07) is 5.52. The van der Waals surface area contributed by atoms with Gasteiger partial charge in [0.15, 0.2) is 0 Å². The molecule has 0 bridgehead atoms. The first-order valence-electron chi connectivity index (χ1n) is 5.79. The van der Waals surface area contributed by atoms with Gasteiger partial charge in [0, 0.05) is 0 Å². The zero-order chi connectivity index (χ0) is 13.3. The van der Waals surface area contributed by atoms with Crippen molar-refractivity contribution in [2.75, 3.05) is 0 Å². The predicted octanol–water partition coefficient (Wildman–Crippen LogP) is 2.20. The van der Waals surface area contributed by atoms with Crippen LogP contribution in [0.1, 0.15) is 32.2 Å². The van der Waals surface area contributed by atoms with Crippen molar-refractivity contribution in [3.05, 3.63) is 29.7 Å². The van der Waals surface area contributed by atoms with Gasteiger partial charge in [-0.2, -0.15) is 4.98 Å². The Morgan fingerprint density at radius 2 is 2.06 bits per heavy atom. The molecule has 18 heavy (non-hydrogen) atoms. The van der Waals surface area contributed by atoms with Crippen molar-refractivity contribution in [3.63, 3.8) is 0 Å². The van der Waals surface area contributed by atoms with Crippen LogP contribution in [0.4, 0.5) is 0 Å². The molecule has 2 aromatic rings. The number of hydrogen-bond acceptors (Lipinski definition) is 5. The third kappa shape index (κ3) is 2.22. The summed E-state index contributed by atoms with van der Waals surface area (Å²) in [6.07, 6.45) is 0. The van der Waals surface area contributed by atoms with Crippen molar-refractivity contribution in [1.29, 1.82) is 0 Å². The quantitative estimate of drug-likeness (QED) is 0.849. The highest BCUT2D eigenvalue weighted by Gasteiger charge is 2.22. The summed E-state index contributed by atoms with van der Waals surface area (Å²) in [6.45, 7) is 6.29. The first-order valence-corrected chi connectivity index (χ1v) is 5.79. The number of aromatic hydroxyl groups is 1. The lowest BCUT2D eigenvalue weighted by atomic mass is 9.85. The molecule has 96 valence electrons. The van der Waals surface area contributed by atoms with Crippen LogP contribution in [0.3, 0.4) is 0 Å². The molecule has 0 fully saturated rings. The van der Waals surface area contributed by atoms with Crippen LogP contribution in [0.25, 0.3) is 11.4 Å². The van der Waals surface area contributed by atoms with Gasteiger partial charge in [0.05, 0.1) is 12.1 Å². The van der Waals surface area contributed by atoms with Crippen LogP contribution in [0, 0.1) is 0 Å². The fourth-order valence-corrected chi connectivity index (χ4v) is 1.78. The Bertz CT molecular complexity index is 556. The highest BCUT2D eigenvalue weighted by atomic mass is 16.5. The average Bonchev–Trinajstić information content (AvgIpc) is 2.76. The van der Waals surface area contributed by atoms with Crippen molar-refractivity contribution in [1.82, 2.24) is 10.1 Å². The number of rotatable bonds is 2. The molecule has 3 N–H and O–H groups in total. The van der Waals surface area contributed by atoms with Gasteiger partial charge >= 0.3 is 0 Å². The summed E-state index contributed by atoms with van der Waals surface area (Å²) < 4.78 is 4.95. The van der Waals surface area contributed by atoms with E-state index in [1.165, 1.54) is 0 Å². The third-order valence-corrected chi connectivity index (χ3v) is 2.73. The van der Waals surface area contributed by atoms with E-state index in [0.29, 0.717) is 17.3 Å². The predicted molar refractivity (Wildman–Crippen MR) is 68.0 cm³/mol. The van der Waals surface area contributed by atoms with E-state index in [1.807, 2.05) is 32.9 Å². The van der Waals surface area contributed by atoms with Gasteiger partial charge in [0.25, 0.3) is 0 Å². The van der Waals surface area contributed by atoms with Crippen molar-refractivity contribution >= 4 is 0 Å². The molecule has 0 aliphatic heterocycles. The van der Waals surface area contributed by atoms with E-state index >= 15 is 0 Å². The van der Waals surface area contributed by atoms with Gasteiger partial charge in [0.2, 0.25) is 11.7 Å². The third-order valence-electron chi connectivity index (χ3n) is 2.73. The highest BCUT2D eigenvalue weighted by molar-refractivity contribution is 5.66. The standard InChI is InChI=1S/C13H17N3O2/c1-13(2,3)9-6-4-5-8(11(9)17)12-15-10(7-14)18-16-12/h4-6,17H,7,14H2,1-3H3. The number of phenols is 1. The van der Waals surface area contributed by atoms with E-state index in [-0.39, 0.29) is 17.7 Å². The van der Waals surface area contributed by atoms with Crippen molar-refractivity contribution < 1.29 is 9.63 Å². The molecule has 0 amide bonds. The molecule has 2 rings (SSSR count). The summed E-state index contributed by atoms with van der Waals surface area (Å²) >= 11 is 0. The molecule has 0 atom stereocenters. The monoisotopic (exact) mass is 247 g/mol. The lowest BCUT2D eigenvalue weighted by molar-refractivity contribution is 0.380. The maximum Gasteiger partial charge on any atom is 0.240 e. The number of hydrogen-bond donors (Lipinski definition) is 2. The van der Waals surface area contributed by atoms with E-state index in [9.17, 15) is 5.11 Å². The van der Waals surface area contributed by atoms with Crippen LogP contribution in [0.15, 0.2) is 22.7 Å². The van der Waals surface area contributed by atoms with Crippen LogP contribution in [-0.4, -0.2) is 15.2 Å². The number of aromatic nitrogens is 2. The van der Waals surface area contributed by atoms with Gasteiger partial charge in [-0.25, -0.2) is 0 Å². The number of phenolic OH excluding ortho intramolecular Hbond substituents is 1. The lowest BCUT2D eigenvalue weighted by Gasteiger charge is -2.21. The first kappa shape index (κ1) is 12.6. The number of benzene rings is 1. The molecule has 1 aromatic carbocycles. The Morgan fingerprint density at radius 1 is 1.33 bits per heavy atom. The molecule has 0 spiro atoms. The molecule has 0 aliphatic carbocycles. The van der Waals surface area contributed by atoms with Gasteiger partial charge in [0.1, 0.15) is 5.75 Å². The molecular formula is C13H17N3O2. The number of nitrogens with two attached hydrogens (primary N) is 1. The minimum atomic E-state index is -0.152. The van der Waals surface area contributed by atoms with Crippen LogP contribution < -0.4 is 5.73 Å². The second kappa shape index (κ2) is 4.42. The van der Waals surface area contributed by atoms with Gasteiger partial charge < -0.3 is 15.4 Å². The molecule has 0 radical (unpaired) electrons. The van der Waals surface area contributed by atoms with E-state index in [0.717, 1.165) is 5.56 Å². The SMILES string of the molecule is CC(C)(C)c1cccc(-c2noc(CN)n2)c1O. The van der Waals surface area contributed by atoms with Crippen LogP contribution in [-0.2, 0) is 12.0 Å². The molecular weight excluding hydrogens is 230 g/mol. The lowest BCUT2D eigenvalue weighted by Crippen LogP contribution is -2.11. The topological polar surface area (TPSA) is 85.2 Å². The maximum absolute atomic E-state index is 10.3. The molecule has 0 saturated heterocycles. The zero-order valence-corrected chi connectivity index (χ0v) is 10.8. The van der Waals surface area contributed by atoms with Crippen LogP contribution >= 0.6 is 0 Å². The maximum atomic E-state index is 10.3. The van der Waals surface area contributed by atoms with Gasteiger partial charge in [-0.1, -0.05) is 38.1 Å². The molecule has 1 aromatic heterocycles. The Kier molecular flexibility index (Phi) is 3.09. The van der Waals surface area contributed by atoms with Crippen molar-refractivity contribution in [3.8, 4) is 17.1 Å². The normalized spacial score (nSPS) is 11.8. The molecule has 0 aliphatic rings. The minimum Gasteiger partial charge on any atom is -0.507 e. The molecule has 0 saturated carbocycles. The summed E-state index contributed by atoms with van der Waals surface area (Å²) in [5, 5.41) is 14.1. The van der Waals surface area contributed by atoms with Gasteiger partial charge in [-0.3, -0.25) is 0 Å². The van der Waals surface area contributed by atoms with Gasteiger partial charge in [-0.15, -0.1) is 0 Å². The molecule has 0 unspecified atom stereocenters. The number of nitrogens with zero attached hydrogens (tertiary/aromatic N) is 2.